The van der Waals surface area contributed by atoms with Gasteiger partial charge in [-0.3, -0.25) is 0 Å². The molecule has 218 valence electrons. The van der Waals surface area contributed by atoms with Crippen LogP contribution in [0.2, 0.25) is 0 Å². The number of nitrogens with zero attached hydrogens (tertiary/aromatic N) is 3. The predicted molar refractivity (Wildman–Crippen MR) is 193 cm³/mol. The highest BCUT2D eigenvalue weighted by atomic mass is 16.3. The molecule has 0 aliphatic heterocycles. The fourth-order valence-corrected chi connectivity index (χ4v) is 7.16. The van der Waals surface area contributed by atoms with Crippen molar-refractivity contribution in [2.75, 3.05) is 0 Å². The van der Waals surface area contributed by atoms with Gasteiger partial charge < -0.3 is 4.42 Å². The Morgan fingerprint density at radius 1 is 0.319 bits per heavy atom. The Kier molecular flexibility index (Phi) is 5.54. The van der Waals surface area contributed by atoms with Crippen LogP contribution in [0.4, 0.5) is 0 Å². The van der Waals surface area contributed by atoms with E-state index in [4.69, 9.17) is 19.4 Å². The predicted octanol–water partition coefficient (Wildman–Crippen LogP) is 11.4. The summed E-state index contributed by atoms with van der Waals surface area (Å²) in [6, 6.07) is 52.7. The van der Waals surface area contributed by atoms with E-state index in [2.05, 4.69) is 109 Å². The third-order valence-electron chi connectivity index (χ3n) is 9.31. The number of hydrogen-bond donors (Lipinski definition) is 0. The molecule has 0 spiro atoms. The summed E-state index contributed by atoms with van der Waals surface area (Å²) < 4.78 is 6.21. The van der Waals surface area contributed by atoms with E-state index in [1.165, 1.54) is 32.3 Å². The number of para-hydroxylation sites is 1. The molecule has 0 aliphatic rings. The first-order chi connectivity index (χ1) is 23.3. The summed E-state index contributed by atoms with van der Waals surface area (Å²) in [7, 11) is 0. The third-order valence-corrected chi connectivity index (χ3v) is 9.31. The molecule has 4 nitrogen and oxygen atoms in total. The smallest absolute Gasteiger partial charge is 0.164 e. The Balaban J connectivity index is 1.24. The Hall–Kier alpha value is -6.39. The van der Waals surface area contributed by atoms with Gasteiger partial charge in [0.05, 0.1) is 0 Å². The fourth-order valence-electron chi connectivity index (χ4n) is 7.16. The van der Waals surface area contributed by atoms with Crippen LogP contribution in [0, 0.1) is 0 Å². The molecule has 0 fully saturated rings. The Bertz CT molecular complexity index is 2820. The number of furan rings is 1. The van der Waals surface area contributed by atoms with Gasteiger partial charge in [-0.1, -0.05) is 127 Å². The van der Waals surface area contributed by atoms with Crippen LogP contribution >= 0.6 is 0 Å². The molecule has 2 aromatic heterocycles. The van der Waals surface area contributed by atoms with Crippen molar-refractivity contribution in [3.63, 3.8) is 0 Å². The molecule has 10 rings (SSSR count). The van der Waals surface area contributed by atoms with Crippen molar-refractivity contribution in [2.24, 2.45) is 0 Å². The second-order valence-electron chi connectivity index (χ2n) is 12.0. The lowest BCUT2D eigenvalue weighted by molar-refractivity contribution is 0.669. The monoisotopic (exact) mass is 599 g/mol. The third kappa shape index (κ3) is 3.98. The maximum absolute atomic E-state index is 6.21. The van der Waals surface area contributed by atoms with Gasteiger partial charge in [0, 0.05) is 27.5 Å². The zero-order valence-electron chi connectivity index (χ0n) is 25.2. The van der Waals surface area contributed by atoms with Gasteiger partial charge in [0.25, 0.3) is 0 Å². The first-order valence-corrected chi connectivity index (χ1v) is 15.8. The molecule has 0 saturated carbocycles. The van der Waals surface area contributed by atoms with Crippen molar-refractivity contribution in [3.8, 4) is 34.2 Å². The van der Waals surface area contributed by atoms with Crippen molar-refractivity contribution >= 4 is 65.0 Å². The minimum atomic E-state index is 0.634. The summed E-state index contributed by atoms with van der Waals surface area (Å²) in [6.07, 6.45) is 0. The zero-order chi connectivity index (χ0) is 30.9. The van der Waals surface area contributed by atoms with E-state index in [0.717, 1.165) is 49.4 Å². The van der Waals surface area contributed by atoms with Gasteiger partial charge in [-0.25, -0.2) is 15.0 Å². The van der Waals surface area contributed by atoms with Gasteiger partial charge >= 0.3 is 0 Å². The van der Waals surface area contributed by atoms with Crippen LogP contribution in [-0.4, -0.2) is 15.0 Å². The molecule has 0 saturated heterocycles. The van der Waals surface area contributed by atoms with Crippen LogP contribution in [0.5, 0.6) is 0 Å². The van der Waals surface area contributed by atoms with E-state index < -0.39 is 0 Å². The molecule has 0 aliphatic carbocycles. The first-order valence-electron chi connectivity index (χ1n) is 15.8. The number of hydrogen-bond acceptors (Lipinski definition) is 4. The second kappa shape index (κ2) is 10.1. The molecule has 0 atom stereocenters. The van der Waals surface area contributed by atoms with Crippen LogP contribution in [0.3, 0.4) is 0 Å². The van der Waals surface area contributed by atoms with Gasteiger partial charge in [0.2, 0.25) is 0 Å². The van der Waals surface area contributed by atoms with Gasteiger partial charge in [-0.15, -0.1) is 0 Å². The summed E-state index contributed by atoms with van der Waals surface area (Å²) in [5.74, 6) is 1.91. The van der Waals surface area contributed by atoms with Crippen molar-refractivity contribution in [3.05, 3.63) is 152 Å². The van der Waals surface area contributed by atoms with E-state index in [1.54, 1.807) is 0 Å². The van der Waals surface area contributed by atoms with Crippen LogP contribution < -0.4 is 0 Å². The largest absolute Gasteiger partial charge is 0.456 e. The number of fused-ring (bicyclic) bond motifs is 11. The molecule has 0 N–H and O–H groups in total. The standard InChI is InChI=1S/C43H25N3O/c1-2-11-26(12-3-1)41-44-42(27-21-22-32-30-15-5-4-13-28(30)29-14-6-7-16-31(29)37(32)25-27)46-43(45-41)35-19-10-18-34-33(35)23-24-39-40(34)36-17-8-9-20-38(36)47-39/h1-25H. The molecule has 0 amide bonds. The minimum absolute atomic E-state index is 0.634. The molecule has 10 aromatic rings. The highest BCUT2D eigenvalue weighted by molar-refractivity contribution is 6.26. The molecular formula is C43H25N3O. The summed E-state index contributed by atoms with van der Waals surface area (Å²) in [6.45, 7) is 0. The van der Waals surface area contributed by atoms with Gasteiger partial charge in [0.1, 0.15) is 11.2 Å². The molecular weight excluding hydrogens is 574 g/mol. The quantitative estimate of drug-likeness (QED) is 0.190. The van der Waals surface area contributed by atoms with Crippen LogP contribution in [0.1, 0.15) is 0 Å². The Morgan fingerprint density at radius 3 is 1.62 bits per heavy atom. The van der Waals surface area contributed by atoms with Crippen molar-refractivity contribution < 1.29 is 4.42 Å². The normalized spacial score (nSPS) is 11.8. The average molecular weight is 600 g/mol. The van der Waals surface area contributed by atoms with E-state index in [1.807, 2.05) is 42.5 Å². The zero-order valence-corrected chi connectivity index (χ0v) is 25.2. The van der Waals surface area contributed by atoms with Gasteiger partial charge in [0.15, 0.2) is 17.5 Å². The highest BCUT2D eigenvalue weighted by Gasteiger charge is 2.18. The lowest BCUT2D eigenvalue weighted by atomic mass is 9.93. The lowest BCUT2D eigenvalue weighted by Crippen LogP contribution is -2.00. The van der Waals surface area contributed by atoms with E-state index in [-0.39, 0.29) is 0 Å². The summed E-state index contributed by atoms with van der Waals surface area (Å²) in [5.41, 5.74) is 4.59. The molecule has 4 heteroatoms. The molecule has 8 aromatic carbocycles. The molecule has 2 heterocycles. The number of aromatic nitrogens is 3. The molecule has 47 heavy (non-hydrogen) atoms. The Morgan fingerprint density at radius 2 is 0.872 bits per heavy atom. The maximum atomic E-state index is 6.21. The SMILES string of the molecule is c1ccc(-c2nc(-c3ccc4c5ccccc5c5ccccc5c4c3)nc(-c3cccc4c3ccc3oc5ccccc5c34)n2)cc1. The summed E-state index contributed by atoms with van der Waals surface area (Å²) in [4.78, 5) is 15.3. The fraction of sp³-hybridized carbons (Fsp3) is 0. The average Bonchev–Trinajstić information content (AvgIpc) is 3.54. The van der Waals surface area contributed by atoms with E-state index in [0.29, 0.717) is 17.5 Å². The van der Waals surface area contributed by atoms with Crippen LogP contribution in [0.15, 0.2) is 156 Å². The van der Waals surface area contributed by atoms with Crippen LogP contribution in [-0.2, 0) is 0 Å². The first kappa shape index (κ1) is 25.9. The van der Waals surface area contributed by atoms with Crippen molar-refractivity contribution in [2.45, 2.75) is 0 Å². The highest BCUT2D eigenvalue weighted by Crippen LogP contribution is 2.39. The topological polar surface area (TPSA) is 51.8 Å². The minimum Gasteiger partial charge on any atom is -0.456 e. The Labute approximate surface area is 269 Å². The second-order valence-corrected chi connectivity index (χ2v) is 12.0. The summed E-state index contributed by atoms with van der Waals surface area (Å²) >= 11 is 0. The van der Waals surface area contributed by atoms with Crippen molar-refractivity contribution in [1.82, 2.24) is 15.0 Å². The van der Waals surface area contributed by atoms with Gasteiger partial charge in [-0.2, -0.15) is 0 Å². The molecule has 0 radical (unpaired) electrons. The van der Waals surface area contributed by atoms with E-state index >= 15 is 0 Å². The molecule has 0 bridgehead atoms. The maximum Gasteiger partial charge on any atom is 0.164 e. The van der Waals surface area contributed by atoms with Gasteiger partial charge in [-0.05, 0) is 67.4 Å². The summed E-state index contributed by atoms with van der Waals surface area (Å²) in [5, 5.41) is 11.7. The van der Waals surface area contributed by atoms with E-state index in [9.17, 15) is 0 Å². The lowest BCUT2D eigenvalue weighted by Gasteiger charge is -2.13. The number of rotatable bonds is 3. The van der Waals surface area contributed by atoms with Crippen LogP contribution in [0.25, 0.3) is 99.2 Å². The number of benzene rings is 8. The van der Waals surface area contributed by atoms with Crippen molar-refractivity contribution in [1.29, 1.82) is 0 Å². The molecule has 0 unspecified atom stereocenters.